The van der Waals surface area contributed by atoms with E-state index in [1.807, 2.05) is 0 Å². The summed E-state index contributed by atoms with van der Waals surface area (Å²) in [4.78, 5) is 0. The molecule has 0 aliphatic heterocycles. The van der Waals surface area contributed by atoms with Crippen LogP contribution in [-0.2, 0) is 0 Å². The van der Waals surface area contributed by atoms with Gasteiger partial charge in [-0.25, -0.2) is 0 Å². The highest BCUT2D eigenvalue weighted by Crippen LogP contribution is 2.33. The summed E-state index contributed by atoms with van der Waals surface area (Å²) >= 11 is 0. The zero-order chi connectivity index (χ0) is 17.0. The van der Waals surface area contributed by atoms with Crippen LogP contribution in [-0.4, -0.2) is 0 Å². The minimum atomic E-state index is 0.620. The third-order valence-corrected chi connectivity index (χ3v) is 5.07. The van der Waals surface area contributed by atoms with Crippen molar-refractivity contribution in [2.75, 3.05) is 0 Å². The van der Waals surface area contributed by atoms with E-state index in [-0.39, 0.29) is 0 Å². The van der Waals surface area contributed by atoms with E-state index >= 15 is 0 Å². The van der Waals surface area contributed by atoms with Crippen molar-refractivity contribution in [3.8, 4) is 0 Å². The van der Waals surface area contributed by atoms with Gasteiger partial charge < -0.3 is 0 Å². The van der Waals surface area contributed by atoms with Crippen LogP contribution >= 0.6 is 0 Å². The Labute approximate surface area is 140 Å². The van der Waals surface area contributed by atoms with Crippen LogP contribution in [0.25, 0.3) is 0 Å². The Morgan fingerprint density at radius 3 is 2.14 bits per heavy atom. The van der Waals surface area contributed by atoms with Crippen molar-refractivity contribution >= 4 is 0 Å². The summed E-state index contributed by atoms with van der Waals surface area (Å²) < 4.78 is 0. The van der Waals surface area contributed by atoms with Crippen molar-refractivity contribution < 1.29 is 0 Å². The maximum Gasteiger partial charge on any atom is -0.0116 e. The molecule has 0 nitrogen and oxygen atoms in total. The van der Waals surface area contributed by atoms with Gasteiger partial charge in [0.05, 0.1) is 0 Å². The molecule has 0 fully saturated rings. The average molecular weight is 305 g/mol. The van der Waals surface area contributed by atoms with Crippen LogP contribution in [0.4, 0.5) is 0 Å². The van der Waals surface area contributed by atoms with Crippen LogP contribution < -0.4 is 0 Å². The van der Waals surface area contributed by atoms with Crippen molar-refractivity contribution in [3.05, 3.63) is 36.5 Å². The summed E-state index contributed by atoms with van der Waals surface area (Å²) in [5.41, 5.74) is 1.31. The van der Waals surface area contributed by atoms with Crippen LogP contribution in [0.1, 0.15) is 80.1 Å². The van der Waals surface area contributed by atoms with E-state index in [2.05, 4.69) is 72.4 Å². The van der Waals surface area contributed by atoms with Crippen molar-refractivity contribution in [1.29, 1.82) is 0 Å². The van der Waals surface area contributed by atoms with E-state index in [1.54, 1.807) is 0 Å². The van der Waals surface area contributed by atoms with Crippen LogP contribution in [0.3, 0.4) is 0 Å². The van der Waals surface area contributed by atoms with Gasteiger partial charge in [-0.2, -0.15) is 0 Å². The van der Waals surface area contributed by atoms with Gasteiger partial charge in [0.1, 0.15) is 0 Å². The molecule has 22 heavy (non-hydrogen) atoms. The number of hydrogen-bond donors (Lipinski definition) is 0. The Morgan fingerprint density at radius 2 is 1.59 bits per heavy atom. The average Bonchev–Trinajstić information content (AvgIpc) is 2.51. The fourth-order valence-electron chi connectivity index (χ4n) is 3.12. The lowest BCUT2D eigenvalue weighted by atomic mass is 9.75. The Kier molecular flexibility index (Phi) is 12.3. The molecule has 0 spiro atoms. The molecule has 0 heteroatoms. The number of hydrogen-bond acceptors (Lipinski definition) is 0. The number of rotatable bonds is 12. The first-order chi connectivity index (χ1) is 10.5. The van der Waals surface area contributed by atoms with Crippen molar-refractivity contribution in [2.24, 2.45) is 23.7 Å². The zero-order valence-corrected chi connectivity index (χ0v) is 16.1. The van der Waals surface area contributed by atoms with Gasteiger partial charge in [-0.05, 0) is 23.7 Å². The maximum absolute atomic E-state index is 4.39. The SMILES string of the molecule is C=C(/C=C\C=C/C(C)CC)C(C(C)CC)C(C)CCCCC. The highest BCUT2D eigenvalue weighted by Gasteiger charge is 2.23. The van der Waals surface area contributed by atoms with E-state index in [0.717, 1.165) is 5.92 Å². The normalized spacial score (nSPS) is 17.7. The molecule has 0 aliphatic carbocycles. The fourth-order valence-corrected chi connectivity index (χ4v) is 3.12. The van der Waals surface area contributed by atoms with Gasteiger partial charge in [-0.3, -0.25) is 0 Å². The van der Waals surface area contributed by atoms with Crippen LogP contribution in [0.15, 0.2) is 36.5 Å². The Morgan fingerprint density at radius 1 is 0.909 bits per heavy atom. The van der Waals surface area contributed by atoms with E-state index in [4.69, 9.17) is 0 Å². The number of allylic oxidation sites excluding steroid dienone is 5. The van der Waals surface area contributed by atoms with Gasteiger partial charge in [0.25, 0.3) is 0 Å². The summed E-state index contributed by atoms with van der Waals surface area (Å²) in [7, 11) is 0. The molecule has 0 aliphatic rings. The summed E-state index contributed by atoms with van der Waals surface area (Å²) in [6.45, 7) is 18.3. The minimum absolute atomic E-state index is 0.620. The molecule has 0 amide bonds. The van der Waals surface area contributed by atoms with Gasteiger partial charge in [0.15, 0.2) is 0 Å². The molecule has 0 bridgehead atoms. The number of unbranched alkanes of at least 4 members (excludes halogenated alkanes) is 2. The predicted molar refractivity (Wildman–Crippen MR) is 103 cm³/mol. The predicted octanol–water partition coefficient (Wildman–Crippen LogP) is 7.58. The summed E-state index contributed by atoms with van der Waals surface area (Å²) in [6, 6.07) is 0. The van der Waals surface area contributed by atoms with E-state index in [1.165, 1.54) is 44.1 Å². The second-order valence-electron chi connectivity index (χ2n) is 7.09. The lowest BCUT2D eigenvalue weighted by molar-refractivity contribution is 0.278. The molecule has 0 aromatic heterocycles. The monoisotopic (exact) mass is 304 g/mol. The Balaban J connectivity index is 4.70. The highest BCUT2D eigenvalue weighted by molar-refractivity contribution is 5.23. The second kappa shape index (κ2) is 12.7. The Hall–Kier alpha value is -0.780. The molecule has 0 radical (unpaired) electrons. The zero-order valence-electron chi connectivity index (χ0n) is 16.1. The van der Waals surface area contributed by atoms with Crippen molar-refractivity contribution in [3.63, 3.8) is 0 Å². The topological polar surface area (TPSA) is 0 Å². The van der Waals surface area contributed by atoms with Crippen LogP contribution in [0.5, 0.6) is 0 Å². The molecular weight excluding hydrogens is 264 g/mol. The largest absolute Gasteiger partial charge is 0.0955 e. The van der Waals surface area contributed by atoms with Gasteiger partial charge >= 0.3 is 0 Å². The van der Waals surface area contributed by atoms with Gasteiger partial charge in [-0.15, -0.1) is 0 Å². The first kappa shape index (κ1) is 21.2. The molecule has 128 valence electrons. The molecule has 0 rings (SSSR count). The lowest BCUT2D eigenvalue weighted by Crippen LogP contribution is -2.21. The summed E-state index contributed by atoms with van der Waals surface area (Å²) in [5.74, 6) is 2.73. The quantitative estimate of drug-likeness (QED) is 0.257. The minimum Gasteiger partial charge on any atom is -0.0955 e. The van der Waals surface area contributed by atoms with Gasteiger partial charge in [-0.1, -0.05) is 117 Å². The summed E-state index contributed by atoms with van der Waals surface area (Å²) in [6.07, 6.45) is 16.7. The molecule has 0 N–H and O–H groups in total. The van der Waals surface area contributed by atoms with E-state index in [0.29, 0.717) is 17.8 Å². The first-order valence-corrected chi connectivity index (χ1v) is 9.51. The van der Waals surface area contributed by atoms with Crippen LogP contribution in [0.2, 0.25) is 0 Å². The molecule has 0 heterocycles. The maximum atomic E-state index is 4.39. The standard InChI is InChI=1S/C22H40/c1-8-11-12-16-20(6)22(19(5)10-3)21(7)17-14-13-15-18(4)9-2/h13-15,17-20,22H,7-12,16H2,1-6H3/b15-13-,17-14-. The smallest absolute Gasteiger partial charge is 0.0116 e. The lowest BCUT2D eigenvalue weighted by Gasteiger charge is -2.30. The molecule has 0 aromatic carbocycles. The second-order valence-corrected chi connectivity index (χ2v) is 7.09. The van der Waals surface area contributed by atoms with E-state index in [9.17, 15) is 0 Å². The van der Waals surface area contributed by atoms with Crippen LogP contribution in [0, 0.1) is 23.7 Å². The summed E-state index contributed by atoms with van der Waals surface area (Å²) in [5, 5.41) is 0. The van der Waals surface area contributed by atoms with Crippen molar-refractivity contribution in [1.82, 2.24) is 0 Å². The van der Waals surface area contributed by atoms with Gasteiger partial charge in [0.2, 0.25) is 0 Å². The third kappa shape index (κ3) is 8.61. The molecule has 4 unspecified atom stereocenters. The van der Waals surface area contributed by atoms with E-state index < -0.39 is 0 Å². The Bertz CT molecular complexity index is 334. The van der Waals surface area contributed by atoms with Gasteiger partial charge in [0, 0.05) is 0 Å². The molecule has 0 saturated carbocycles. The highest BCUT2D eigenvalue weighted by atomic mass is 14.3. The molecular formula is C22H40. The molecule has 4 atom stereocenters. The third-order valence-electron chi connectivity index (χ3n) is 5.07. The molecule has 0 saturated heterocycles. The van der Waals surface area contributed by atoms with Crippen molar-refractivity contribution in [2.45, 2.75) is 80.1 Å². The first-order valence-electron chi connectivity index (χ1n) is 9.51. The molecule has 0 aromatic rings. The fraction of sp³-hybridized carbons (Fsp3) is 0.727.